The smallest absolute Gasteiger partial charge is 0.257 e. The number of hydrogen-bond donors (Lipinski definition) is 6. The van der Waals surface area contributed by atoms with Crippen molar-refractivity contribution in [2.75, 3.05) is 22.9 Å². The van der Waals surface area contributed by atoms with Gasteiger partial charge in [-0.15, -0.1) is 0 Å². The molecule has 2 rings (SSSR count). The fourth-order valence-electron chi connectivity index (χ4n) is 1.59. The zero-order valence-corrected chi connectivity index (χ0v) is 9.73. The molecule has 0 aromatic carbocycles. The molecule has 19 heavy (non-hydrogen) atoms. The Bertz CT molecular complexity index is 683. The molecule has 0 aliphatic carbocycles. The summed E-state index contributed by atoms with van der Waals surface area (Å²) in [5.41, 5.74) is 20.9. The lowest BCUT2D eigenvalue weighted by molar-refractivity contribution is 1.00. The summed E-state index contributed by atoms with van der Waals surface area (Å²) in [6, 6.07) is 0. The van der Waals surface area contributed by atoms with Gasteiger partial charge in [-0.05, 0) is 0 Å². The van der Waals surface area contributed by atoms with Gasteiger partial charge in [-0.3, -0.25) is 19.6 Å². The highest BCUT2D eigenvalue weighted by Crippen LogP contribution is 2.12. The summed E-state index contributed by atoms with van der Waals surface area (Å²) in [4.78, 5) is 35.4. The summed E-state index contributed by atoms with van der Waals surface area (Å²) in [5.74, 6) is -0.360. The van der Waals surface area contributed by atoms with Gasteiger partial charge in [0, 0.05) is 6.42 Å². The van der Waals surface area contributed by atoms with Gasteiger partial charge in [0.15, 0.2) is 0 Å². The van der Waals surface area contributed by atoms with Crippen molar-refractivity contribution in [3.8, 4) is 0 Å². The topological polar surface area (TPSA) is 196 Å². The van der Waals surface area contributed by atoms with Crippen LogP contribution < -0.4 is 34.1 Å². The van der Waals surface area contributed by atoms with Crippen molar-refractivity contribution in [1.29, 1.82) is 0 Å². The van der Waals surface area contributed by atoms with Gasteiger partial charge < -0.3 is 22.9 Å². The highest BCUT2D eigenvalue weighted by atomic mass is 16.1. The maximum absolute atomic E-state index is 11.7. The van der Waals surface area contributed by atoms with Crippen LogP contribution in [-0.4, -0.2) is 19.9 Å². The number of aromatic nitrogens is 4. The SMILES string of the molecule is Nc1nc(N)c(Cc2c(N)nc(N)[nH]c2=O)c(=O)[nH]1. The normalized spacial score (nSPS) is 10.5. The minimum atomic E-state index is -0.541. The maximum Gasteiger partial charge on any atom is 0.257 e. The quantitative estimate of drug-likeness (QED) is 0.350. The summed E-state index contributed by atoms with van der Waals surface area (Å²) in [7, 11) is 0. The molecular weight excluding hydrogens is 252 g/mol. The highest BCUT2D eigenvalue weighted by molar-refractivity contribution is 5.49. The van der Waals surface area contributed by atoms with Gasteiger partial charge in [-0.2, -0.15) is 9.97 Å². The number of nitrogens with two attached hydrogens (primary N) is 4. The molecule has 2 aromatic rings. The van der Waals surface area contributed by atoms with Crippen molar-refractivity contribution >= 4 is 23.5 Å². The number of anilines is 4. The molecule has 0 radical (unpaired) electrons. The molecule has 0 fully saturated rings. The Hall–Kier alpha value is -3.04. The second-order valence-electron chi connectivity index (χ2n) is 3.81. The van der Waals surface area contributed by atoms with Crippen molar-refractivity contribution in [2.24, 2.45) is 0 Å². The molecular formula is C9H12N8O2. The molecule has 10 nitrogen and oxygen atoms in total. The number of nitrogens with one attached hydrogen (secondary N) is 2. The first-order valence-corrected chi connectivity index (χ1v) is 5.16. The standard InChI is InChI=1S/C9H12N8O2/c10-4-2(6(18)16-8(12)14-4)1-3-5(11)15-9(13)17-7(3)19/h1H2,(H5,10,12,14,16,18)(H5,11,13,15,17,19). The molecule has 0 amide bonds. The van der Waals surface area contributed by atoms with E-state index in [-0.39, 0.29) is 41.1 Å². The van der Waals surface area contributed by atoms with E-state index in [1.807, 2.05) is 0 Å². The van der Waals surface area contributed by atoms with E-state index in [0.29, 0.717) is 0 Å². The van der Waals surface area contributed by atoms with Crippen LogP contribution in [-0.2, 0) is 6.42 Å². The molecule has 0 aliphatic heterocycles. The van der Waals surface area contributed by atoms with E-state index in [2.05, 4.69) is 19.9 Å². The maximum atomic E-state index is 11.7. The van der Waals surface area contributed by atoms with Gasteiger partial charge in [0.25, 0.3) is 11.1 Å². The van der Waals surface area contributed by atoms with Gasteiger partial charge in [-0.1, -0.05) is 0 Å². The Morgan fingerprint density at radius 2 is 1.16 bits per heavy atom. The third kappa shape index (κ3) is 2.31. The molecule has 2 heterocycles. The van der Waals surface area contributed by atoms with Crippen molar-refractivity contribution in [2.45, 2.75) is 6.42 Å². The largest absolute Gasteiger partial charge is 0.383 e. The zero-order valence-electron chi connectivity index (χ0n) is 9.73. The van der Waals surface area contributed by atoms with Crippen LogP contribution in [0.1, 0.15) is 11.1 Å². The van der Waals surface area contributed by atoms with E-state index in [9.17, 15) is 9.59 Å². The number of H-pyrrole nitrogens is 2. The lowest BCUT2D eigenvalue weighted by atomic mass is 10.1. The molecule has 10 heteroatoms. The fraction of sp³-hybridized carbons (Fsp3) is 0.111. The summed E-state index contributed by atoms with van der Waals surface area (Å²) in [5, 5.41) is 0. The van der Waals surface area contributed by atoms with Crippen LogP contribution >= 0.6 is 0 Å². The predicted molar refractivity (Wildman–Crippen MR) is 70.2 cm³/mol. The van der Waals surface area contributed by atoms with E-state index in [0.717, 1.165) is 0 Å². The summed E-state index contributed by atoms with van der Waals surface area (Å²) in [6.07, 6.45) is -0.122. The number of rotatable bonds is 2. The first-order chi connectivity index (χ1) is 8.88. The van der Waals surface area contributed by atoms with Crippen molar-refractivity contribution in [3.63, 3.8) is 0 Å². The average Bonchev–Trinajstić information content (AvgIpc) is 2.25. The minimum absolute atomic E-state index is 0.0723. The Morgan fingerprint density at radius 1 is 0.789 bits per heavy atom. The average molecular weight is 264 g/mol. The fourth-order valence-corrected chi connectivity index (χ4v) is 1.59. The summed E-state index contributed by atoms with van der Waals surface area (Å²) >= 11 is 0. The van der Waals surface area contributed by atoms with E-state index >= 15 is 0 Å². The van der Waals surface area contributed by atoms with Gasteiger partial charge in [0.1, 0.15) is 11.6 Å². The highest BCUT2D eigenvalue weighted by Gasteiger charge is 2.14. The molecule has 0 saturated heterocycles. The van der Waals surface area contributed by atoms with E-state index < -0.39 is 11.1 Å². The van der Waals surface area contributed by atoms with E-state index in [1.54, 1.807) is 0 Å². The summed E-state index contributed by atoms with van der Waals surface area (Å²) in [6.45, 7) is 0. The Kier molecular flexibility index (Phi) is 2.83. The van der Waals surface area contributed by atoms with Crippen LogP contribution in [0.3, 0.4) is 0 Å². The van der Waals surface area contributed by atoms with Crippen LogP contribution in [0.5, 0.6) is 0 Å². The van der Waals surface area contributed by atoms with Crippen LogP contribution in [0.15, 0.2) is 9.59 Å². The minimum Gasteiger partial charge on any atom is -0.383 e. The van der Waals surface area contributed by atoms with Crippen LogP contribution in [0.2, 0.25) is 0 Å². The van der Waals surface area contributed by atoms with Gasteiger partial charge in [0.2, 0.25) is 11.9 Å². The number of hydrogen-bond acceptors (Lipinski definition) is 8. The zero-order chi connectivity index (χ0) is 14.2. The van der Waals surface area contributed by atoms with Crippen LogP contribution in [0, 0.1) is 0 Å². The van der Waals surface area contributed by atoms with Gasteiger partial charge in [0.05, 0.1) is 11.1 Å². The lowest BCUT2D eigenvalue weighted by Crippen LogP contribution is -2.24. The first kappa shape index (κ1) is 12.4. The molecule has 0 unspecified atom stereocenters. The summed E-state index contributed by atoms with van der Waals surface area (Å²) < 4.78 is 0. The van der Waals surface area contributed by atoms with Gasteiger partial charge >= 0.3 is 0 Å². The Balaban J connectivity index is 2.54. The van der Waals surface area contributed by atoms with Crippen molar-refractivity contribution < 1.29 is 0 Å². The molecule has 100 valence electrons. The van der Waals surface area contributed by atoms with E-state index in [4.69, 9.17) is 22.9 Å². The molecule has 2 aromatic heterocycles. The molecule has 0 spiro atoms. The number of nitrogen functional groups attached to an aromatic ring is 4. The molecule has 0 bridgehead atoms. The van der Waals surface area contributed by atoms with E-state index in [1.165, 1.54) is 0 Å². The second-order valence-corrected chi connectivity index (χ2v) is 3.81. The second kappa shape index (κ2) is 4.33. The monoisotopic (exact) mass is 264 g/mol. The number of aromatic amines is 2. The first-order valence-electron chi connectivity index (χ1n) is 5.16. The predicted octanol–water partition coefficient (Wildman–Crippen LogP) is -2.23. The van der Waals surface area contributed by atoms with Crippen molar-refractivity contribution in [3.05, 3.63) is 31.8 Å². The number of nitrogens with zero attached hydrogens (tertiary/aromatic N) is 2. The molecule has 0 atom stereocenters. The third-order valence-electron chi connectivity index (χ3n) is 2.49. The Morgan fingerprint density at radius 3 is 1.47 bits per heavy atom. The Labute approximate surface area is 105 Å². The molecule has 0 aliphatic rings. The van der Waals surface area contributed by atoms with Gasteiger partial charge in [-0.25, -0.2) is 0 Å². The van der Waals surface area contributed by atoms with Crippen LogP contribution in [0.4, 0.5) is 23.5 Å². The third-order valence-corrected chi connectivity index (χ3v) is 2.49. The molecule has 10 N–H and O–H groups in total. The molecule has 0 saturated carbocycles. The van der Waals surface area contributed by atoms with Crippen LogP contribution in [0.25, 0.3) is 0 Å². The lowest BCUT2D eigenvalue weighted by Gasteiger charge is -2.06. The van der Waals surface area contributed by atoms with Crippen molar-refractivity contribution in [1.82, 2.24) is 19.9 Å².